The maximum Gasteiger partial charge on any atom is -0.0381 e. The Balaban J connectivity index is 1.87. The molecule has 2 unspecified atom stereocenters. The van der Waals surface area contributed by atoms with Crippen molar-refractivity contribution in [1.29, 1.82) is 0 Å². The first-order valence-electron chi connectivity index (χ1n) is 8.79. The van der Waals surface area contributed by atoms with Crippen molar-refractivity contribution in [3.8, 4) is 0 Å². The van der Waals surface area contributed by atoms with E-state index in [1.165, 1.54) is 44.9 Å². The highest BCUT2D eigenvalue weighted by Gasteiger charge is 2.28. The Labute approximate surface area is 115 Å². The summed E-state index contributed by atoms with van der Waals surface area (Å²) in [5, 5.41) is 0. The fraction of sp³-hybridized carbons (Fsp3) is 1.00. The average Bonchev–Trinajstić information content (AvgIpc) is 2.92. The Morgan fingerprint density at radius 2 is 1.50 bits per heavy atom. The lowest BCUT2D eigenvalue weighted by Gasteiger charge is -2.33. The van der Waals surface area contributed by atoms with Gasteiger partial charge < -0.3 is 0 Å². The van der Waals surface area contributed by atoms with Gasteiger partial charge in [0.05, 0.1) is 0 Å². The van der Waals surface area contributed by atoms with Gasteiger partial charge in [0.25, 0.3) is 0 Å². The summed E-state index contributed by atoms with van der Waals surface area (Å²) in [6, 6.07) is 0. The van der Waals surface area contributed by atoms with Crippen LogP contribution >= 0.6 is 0 Å². The van der Waals surface area contributed by atoms with Crippen LogP contribution in [-0.4, -0.2) is 0 Å². The van der Waals surface area contributed by atoms with Gasteiger partial charge in [-0.15, -0.1) is 0 Å². The van der Waals surface area contributed by atoms with Gasteiger partial charge in [0.2, 0.25) is 0 Å². The molecule has 0 saturated heterocycles. The van der Waals surface area contributed by atoms with Crippen LogP contribution in [0, 0.1) is 23.7 Å². The Morgan fingerprint density at radius 3 is 2.11 bits per heavy atom. The highest BCUT2D eigenvalue weighted by Crippen LogP contribution is 2.40. The normalized spacial score (nSPS) is 26.3. The summed E-state index contributed by atoms with van der Waals surface area (Å²) >= 11 is 0. The molecule has 2 aliphatic rings. The van der Waals surface area contributed by atoms with Crippen LogP contribution in [0.3, 0.4) is 0 Å². The molecule has 0 bridgehead atoms. The van der Waals surface area contributed by atoms with E-state index in [1.54, 1.807) is 32.1 Å². The van der Waals surface area contributed by atoms with Gasteiger partial charge in [-0.2, -0.15) is 0 Å². The molecular weight excluding hydrogens is 216 g/mol. The van der Waals surface area contributed by atoms with Gasteiger partial charge in [0.15, 0.2) is 0 Å². The van der Waals surface area contributed by atoms with E-state index in [2.05, 4.69) is 13.8 Å². The second-order valence-corrected chi connectivity index (χ2v) is 7.29. The molecule has 0 heteroatoms. The van der Waals surface area contributed by atoms with E-state index in [1.807, 2.05) is 0 Å². The Kier molecular flexibility index (Phi) is 6.05. The largest absolute Gasteiger partial charge is 0.0651 e. The summed E-state index contributed by atoms with van der Waals surface area (Å²) in [7, 11) is 0. The molecule has 2 atom stereocenters. The molecule has 0 aromatic heterocycles. The molecular formula is C18H34. The fourth-order valence-electron chi connectivity index (χ4n) is 4.44. The molecule has 0 radical (unpaired) electrons. The SMILES string of the molecule is CCC(C)CC(CC1CCCC1)C1CCCCC1. The Bertz CT molecular complexity index is 208. The molecule has 0 nitrogen and oxygen atoms in total. The number of hydrogen-bond donors (Lipinski definition) is 0. The van der Waals surface area contributed by atoms with Crippen LogP contribution in [0.15, 0.2) is 0 Å². The molecule has 0 heterocycles. The third-order valence-corrected chi connectivity index (χ3v) is 5.83. The molecule has 0 spiro atoms. The van der Waals surface area contributed by atoms with Crippen molar-refractivity contribution in [3.05, 3.63) is 0 Å². The third-order valence-electron chi connectivity index (χ3n) is 5.83. The van der Waals surface area contributed by atoms with Crippen molar-refractivity contribution in [3.63, 3.8) is 0 Å². The quantitative estimate of drug-likeness (QED) is 0.526. The molecule has 106 valence electrons. The first-order chi connectivity index (χ1) is 8.79. The van der Waals surface area contributed by atoms with Crippen molar-refractivity contribution >= 4 is 0 Å². The van der Waals surface area contributed by atoms with Crippen LogP contribution < -0.4 is 0 Å². The minimum atomic E-state index is 0.957. The topological polar surface area (TPSA) is 0 Å². The molecule has 0 aliphatic heterocycles. The van der Waals surface area contributed by atoms with E-state index in [9.17, 15) is 0 Å². The highest BCUT2D eigenvalue weighted by molar-refractivity contribution is 4.79. The molecule has 2 saturated carbocycles. The molecule has 0 aromatic carbocycles. The van der Waals surface area contributed by atoms with Crippen molar-refractivity contribution in [2.45, 2.75) is 90.9 Å². The molecule has 2 rings (SSSR count). The van der Waals surface area contributed by atoms with Gasteiger partial charge >= 0.3 is 0 Å². The second-order valence-electron chi connectivity index (χ2n) is 7.29. The van der Waals surface area contributed by atoms with Crippen LogP contribution in [0.25, 0.3) is 0 Å². The monoisotopic (exact) mass is 250 g/mol. The first kappa shape index (κ1) is 14.4. The van der Waals surface area contributed by atoms with Gasteiger partial charge in [-0.1, -0.05) is 78.1 Å². The van der Waals surface area contributed by atoms with Gasteiger partial charge in [0, 0.05) is 0 Å². The molecule has 18 heavy (non-hydrogen) atoms. The lowest BCUT2D eigenvalue weighted by Crippen LogP contribution is -2.22. The molecule has 0 aromatic rings. The zero-order valence-electron chi connectivity index (χ0n) is 12.8. The minimum Gasteiger partial charge on any atom is -0.0651 e. The second kappa shape index (κ2) is 7.56. The molecule has 0 amide bonds. The Morgan fingerprint density at radius 1 is 0.889 bits per heavy atom. The standard InChI is InChI=1S/C18H34/c1-3-15(2)13-18(14-16-9-7-8-10-16)17-11-5-4-6-12-17/h15-18H,3-14H2,1-2H3. The minimum absolute atomic E-state index is 0.957. The van der Waals surface area contributed by atoms with Crippen molar-refractivity contribution in [2.75, 3.05) is 0 Å². The van der Waals surface area contributed by atoms with E-state index in [0.717, 1.165) is 23.7 Å². The molecule has 2 fully saturated rings. The summed E-state index contributed by atoms with van der Waals surface area (Å²) in [6.07, 6.45) is 18.3. The van der Waals surface area contributed by atoms with E-state index in [0.29, 0.717) is 0 Å². The van der Waals surface area contributed by atoms with Gasteiger partial charge in [-0.05, 0) is 36.5 Å². The highest BCUT2D eigenvalue weighted by atomic mass is 14.3. The van der Waals surface area contributed by atoms with Gasteiger partial charge in [-0.3, -0.25) is 0 Å². The Hall–Kier alpha value is 0. The zero-order chi connectivity index (χ0) is 12.8. The van der Waals surface area contributed by atoms with E-state index in [-0.39, 0.29) is 0 Å². The van der Waals surface area contributed by atoms with Crippen LogP contribution in [0.2, 0.25) is 0 Å². The predicted octanol–water partition coefficient (Wildman–Crippen LogP) is 6.20. The van der Waals surface area contributed by atoms with E-state index in [4.69, 9.17) is 0 Å². The summed E-state index contributed by atoms with van der Waals surface area (Å²) in [5.41, 5.74) is 0. The molecule has 2 aliphatic carbocycles. The average molecular weight is 250 g/mol. The zero-order valence-corrected chi connectivity index (χ0v) is 12.8. The summed E-state index contributed by atoms with van der Waals surface area (Å²) in [4.78, 5) is 0. The number of rotatable bonds is 6. The van der Waals surface area contributed by atoms with Crippen molar-refractivity contribution in [1.82, 2.24) is 0 Å². The third kappa shape index (κ3) is 4.28. The predicted molar refractivity (Wildman–Crippen MR) is 80.7 cm³/mol. The maximum absolute atomic E-state index is 2.48. The van der Waals surface area contributed by atoms with Crippen LogP contribution in [-0.2, 0) is 0 Å². The smallest absolute Gasteiger partial charge is 0.0381 e. The van der Waals surface area contributed by atoms with Crippen LogP contribution in [0.5, 0.6) is 0 Å². The molecule has 0 N–H and O–H groups in total. The summed E-state index contributed by atoms with van der Waals surface area (Å²) < 4.78 is 0. The number of hydrogen-bond acceptors (Lipinski definition) is 0. The first-order valence-corrected chi connectivity index (χ1v) is 8.79. The fourth-order valence-corrected chi connectivity index (χ4v) is 4.44. The van der Waals surface area contributed by atoms with Crippen molar-refractivity contribution in [2.24, 2.45) is 23.7 Å². The maximum atomic E-state index is 2.48. The summed E-state index contributed by atoms with van der Waals surface area (Å²) in [6.45, 7) is 4.85. The van der Waals surface area contributed by atoms with Crippen LogP contribution in [0.4, 0.5) is 0 Å². The van der Waals surface area contributed by atoms with Crippen molar-refractivity contribution < 1.29 is 0 Å². The van der Waals surface area contributed by atoms with Gasteiger partial charge in [-0.25, -0.2) is 0 Å². The van der Waals surface area contributed by atoms with E-state index < -0.39 is 0 Å². The van der Waals surface area contributed by atoms with Gasteiger partial charge in [0.1, 0.15) is 0 Å². The van der Waals surface area contributed by atoms with E-state index >= 15 is 0 Å². The lowest BCUT2D eigenvalue weighted by atomic mass is 9.72. The lowest BCUT2D eigenvalue weighted by molar-refractivity contribution is 0.178. The summed E-state index contributed by atoms with van der Waals surface area (Å²) in [5.74, 6) is 4.22. The van der Waals surface area contributed by atoms with Crippen LogP contribution in [0.1, 0.15) is 90.9 Å².